The Labute approximate surface area is 195 Å². The molecule has 0 spiro atoms. The van der Waals surface area contributed by atoms with Gasteiger partial charge in [-0.25, -0.2) is 5.48 Å². The van der Waals surface area contributed by atoms with Gasteiger partial charge in [0.25, 0.3) is 5.91 Å². The molecule has 1 amide bonds. The molecule has 0 aliphatic carbocycles. The second kappa shape index (κ2) is 8.69. The van der Waals surface area contributed by atoms with Crippen molar-refractivity contribution in [2.24, 2.45) is 0 Å². The second-order valence-electron chi connectivity index (χ2n) is 8.03. The Morgan fingerprint density at radius 3 is 2.56 bits per heavy atom. The maximum atomic E-state index is 14.2. The zero-order valence-corrected chi connectivity index (χ0v) is 18.2. The van der Waals surface area contributed by atoms with E-state index in [2.05, 4.69) is 15.8 Å². The minimum Gasteiger partial charge on any atom is -0.369 e. The minimum absolute atomic E-state index is 0.0287. The van der Waals surface area contributed by atoms with Crippen molar-refractivity contribution in [3.63, 3.8) is 0 Å². The van der Waals surface area contributed by atoms with Crippen molar-refractivity contribution in [1.82, 2.24) is 15.8 Å². The Hall–Kier alpha value is -2.93. The largest absolute Gasteiger partial charge is 0.416 e. The molecule has 0 radical (unpaired) electrons. The van der Waals surface area contributed by atoms with Gasteiger partial charge in [0, 0.05) is 13.1 Å². The van der Waals surface area contributed by atoms with Crippen molar-refractivity contribution in [3.05, 3.63) is 59.4 Å². The van der Waals surface area contributed by atoms with Crippen LogP contribution in [0, 0.1) is 0 Å². The summed E-state index contributed by atoms with van der Waals surface area (Å²) >= 11 is 5.22. The van der Waals surface area contributed by atoms with Gasteiger partial charge in [0.05, 0.1) is 23.1 Å². The summed E-state index contributed by atoms with van der Waals surface area (Å²) in [6.07, 6.45) is -8.59. The molecule has 2 aromatic rings. The first-order valence-electron chi connectivity index (χ1n) is 10.1. The lowest BCUT2D eigenvalue weighted by atomic mass is 9.78. The first kappa shape index (κ1) is 24.2. The van der Waals surface area contributed by atoms with Crippen LogP contribution in [-0.2, 0) is 21.2 Å². The number of amides is 1. The maximum absolute atomic E-state index is 14.2. The van der Waals surface area contributed by atoms with E-state index >= 15 is 0 Å². The van der Waals surface area contributed by atoms with Gasteiger partial charge in [-0.2, -0.15) is 26.3 Å². The molecule has 2 aliphatic rings. The Balaban J connectivity index is 1.54. The lowest BCUT2D eigenvalue weighted by molar-refractivity contribution is -0.184. The van der Waals surface area contributed by atoms with Gasteiger partial charge in [-0.3, -0.25) is 14.6 Å². The SMILES string of the molecule is O=C1NOCC1NC(=S)c1ccc(N2CCC(c3cccc(C(F)(F)F)c3)(C(F)(F)F)C2)cn1. The number of hydrogen-bond donors (Lipinski definition) is 2. The molecule has 13 heteroatoms. The zero-order valence-electron chi connectivity index (χ0n) is 17.3. The summed E-state index contributed by atoms with van der Waals surface area (Å²) in [5.41, 5.74) is -1.16. The summed E-state index contributed by atoms with van der Waals surface area (Å²) in [5, 5.41) is 2.78. The summed E-state index contributed by atoms with van der Waals surface area (Å²) in [4.78, 5) is 22.1. The number of hydrogen-bond acceptors (Lipinski definition) is 5. The molecule has 0 saturated carbocycles. The third-order valence-electron chi connectivity index (χ3n) is 5.94. The molecule has 2 fully saturated rings. The molecule has 2 saturated heterocycles. The van der Waals surface area contributed by atoms with Crippen LogP contribution in [0.25, 0.3) is 0 Å². The average molecular weight is 504 g/mol. The number of anilines is 1. The van der Waals surface area contributed by atoms with E-state index in [1.54, 1.807) is 0 Å². The third-order valence-corrected chi connectivity index (χ3v) is 6.27. The van der Waals surface area contributed by atoms with Crippen molar-refractivity contribution >= 4 is 28.8 Å². The molecule has 1 aromatic heterocycles. The number of benzene rings is 1. The topological polar surface area (TPSA) is 66.5 Å². The second-order valence-corrected chi connectivity index (χ2v) is 8.44. The van der Waals surface area contributed by atoms with Gasteiger partial charge in [0.2, 0.25) is 0 Å². The Bertz CT molecular complexity index is 1090. The van der Waals surface area contributed by atoms with Crippen LogP contribution in [0.3, 0.4) is 0 Å². The van der Waals surface area contributed by atoms with E-state index < -0.39 is 53.8 Å². The maximum Gasteiger partial charge on any atom is 0.416 e. The van der Waals surface area contributed by atoms with Gasteiger partial charge in [0.1, 0.15) is 23.1 Å². The van der Waals surface area contributed by atoms with E-state index in [-0.39, 0.29) is 18.1 Å². The Morgan fingerprint density at radius 1 is 1.21 bits per heavy atom. The van der Waals surface area contributed by atoms with Crippen LogP contribution in [0.4, 0.5) is 32.0 Å². The van der Waals surface area contributed by atoms with E-state index in [0.29, 0.717) is 17.4 Å². The lowest BCUT2D eigenvalue weighted by Crippen LogP contribution is -2.45. The number of carbonyl (C=O) groups is 1. The first-order chi connectivity index (χ1) is 15.9. The van der Waals surface area contributed by atoms with Crippen LogP contribution in [0.2, 0.25) is 0 Å². The fraction of sp³-hybridized carbons (Fsp3) is 0.381. The summed E-state index contributed by atoms with van der Waals surface area (Å²) in [7, 11) is 0. The standard InChI is InChI=1S/C21H18F6N4O2S/c22-20(23,24)13-3-1-2-12(8-13)19(21(25,26)27)6-7-31(11-19)14-4-5-15(28-9-14)18(34)29-16-10-33-30-17(16)32/h1-5,8-9,16H,6-7,10-11H2,(H,29,34)(H,30,32). The Kier molecular flexibility index (Phi) is 6.19. The molecule has 34 heavy (non-hydrogen) atoms. The lowest BCUT2D eigenvalue weighted by Gasteiger charge is -2.33. The van der Waals surface area contributed by atoms with Crippen LogP contribution in [0.15, 0.2) is 42.6 Å². The highest BCUT2D eigenvalue weighted by Crippen LogP contribution is 2.49. The van der Waals surface area contributed by atoms with E-state index in [4.69, 9.17) is 17.1 Å². The van der Waals surface area contributed by atoms with Gasteiger partial charge in [-0.05, 0) is 30.2 Å². The van der Waals surface area contributed by atoms with E-state index in [0.717, 1.165) is 18.2 Å². The highest BCUT2D eigenvalue weighted by Gasteiger charge is 2.59. The molecule has 2 unspecified atom stereocenters. The number of aromatic nitrogens is 1. The number of hydroxylamine groups is 1. The zero-order chi connectivity index (χ0) is 24.7. The van der Waals surface area contributed by atoms with E-state index in [9.17, 15) is 31.1 Å². The average Bonchev–Trinajstić information content (AvgIpc) is 3.41. The number of rotatable bonds is 4. The highest BCUT2D eigenvalue weighted by molar-refractivity contribution is 7.80. The molecular weight excluding hydrogens is 486 g/mol. The number of halogens is 6. The predicted octanol–water partition coefficient (Wildman–Crippen LogP) is 3.51. The number of thiocarbonyl (C=S) groups is 1. The summed E-state index contributed by atoms with van der Waals surface area (Å²) in [6, 6.07) is 5.74. The van der Waals surface area contributed by atoms with Gasteiger partial charge in [-0.1, -0.05) is 30.4 Å². The minimum atomic E-state index is -4.77. The predicted molar refractivity (Wildman–Crippen MR) is 113 cm³/mol. The summed E-state index contributed by atoms with van der Waals surface area (Å²) < 4.78 is 82.0. The molecular formula is C21H18F6N4O2S. The smallest absolute Gasteiger partial charge is 0.369 e. The molecule has 0 bridgehead atoms. The Morgan fingerprint density at radius 2 is 1.97 bits per heavy atom. The van der Waals surface area contributed by atoms with Crippen molar-refractivity contribution < 1.29 is 36.0 Å². The first-order valence-corrected chi connectivity index (χ1v) is 10.5. The van der Waals surface area contributed by atoms with Gasteiger partial charge in [0.15, 0.2) is 0 Å². The number of pyridine rings is 1. The monoisotopic (exact) mass is 504 g/mol. The normalized spacial score (nSPS) is 23.2. The van der Waals surface area contributed by atoms with Crippen LogP contribution in [-0.4, -0.2) is 47.8 Å². The molecule has 4 rings (SSSR count). The number of carbonyl (C=O) groups excluding carboxylic acids is 1. The molecule has 2 atom stereocenters. The van der Waals surface area contributed by atoms with Gasteiger partial charge < -0.3 is 10.2 Å². The number of alkyl halides is 6. The van der Waals surface area contributed by atoms with Gasteiger partial charge >= 0.3 is 12.4 Å². The third kappa shape index (κ3) is 4.53. The van der Waals surface area contributed by atoms with Crippen LogP contribution in [0.1, 0.15) is 23.2 Å². The fourth-order valence-electron chi connectivity index (χ4n) is 4.04. The van der Waals surface area contributed by atoms with Crippen molar-refractivity contribution in [2.45, 2.75) is 30.2 Å². The van der Waals surface area contributed by atoms with Crippen LogP contribution >= 0.6 is 12.2 Å². The molecule has 6 nitrogen and oxygen atoms in total. The highest BCUT2D eigenvalue weighted by atomic mass is 32.1. The van der Waals surface area contributed by atoms with Crippen molar-refractivity contribution in [2.75, 3.05) is 24.6 Å². The molecule has 2 N–H and O–H groups in total. The van der Waals surface area contributed by atoms with Crippen LogP contribution < -0.4 is 15.7 Å². The van der Waals surface area contributed by atoms with Crippen molar-refractivity contribution in [3.8, 4) is 0 Å². The van der Waals surface area contributed by atoms with Gasteiger partial charge in [-0.15, -0.1) is 0 Å². The summed E-state index contributed by atoms with van der Waals surface area (Å²) in [6.45, 7) is -0.514. The molecule has 3 heterocycles. The molecule has 1 aromatic carbocycles. The molecule has 2 aliphatic heterocycles. The quantitative estimate of drug-likeness (QED) is 0.491. The van der Waals surface area contributed by atoms with E-state index in [1.807, 2.05) is 0 Å². The van der Waals surface area contributed by atoms with Crippen LogP contribution in [0.5, 0.6) is 0 Å². The summed E-state index contributed by atoms with van der Waals surface area (Å²) in [5.74, 6) is -0.394. The molecule has 182 valence electrons. The number of nitrogens with one attached hydrogen (secondary N) is 2. The van der Waals surface area contributed by atoms with Crippen molar-refractivity contribution in [1.29, 1.82) is 0 Å². The van der Waals surface area contributed by atoms with E-state index in [1.165, 1.54) is 23.2 Å². The fourth-order valence-corrected chi connectivity index (χ4v) is 4.31. The number of nitrogens with zero attached hydrogens (tertiary/aromatic N) is 2.